The summed E-state index contributed by atoms with van der Waals surface area (Å²) in [7, 11) is 13.6. The fourth-order valence-corrected chi connectivity index (χ4v) is 5.16. The normalized spacial score (nSPS) is 22.4. The molecule has 0 spiro atoms. The van der Waals surface area contributed by atoms with Crippen LogP contribution in [0.5, 0.6) is 0 Å². The van der Waals surface area contributed by atoms with Gasteiger partial charge in [0.05, 0.1) is 124 Å². The van der Waals surface area contributed by atoms with Crippen LogP contribution in [-0.2, 0) is 95.0 Å². The van der Waals surface area contributed by atoms with Crippen molar-refractivity contribution in [2.24, 2.45) is 11.3 Å². The fraction of sp³-hybridized carbons (Fsp3) is 0.724. The van der Waals surface area contributed by atoms with Gasteiger partial charge in [0.2, 0.25) is 0 Å². The smallest absolute Gasteiger partial charge is 0.422 e. The first-order chi connectivity index (χ1) is 38.5. The van der Waals surface area contributed by atoms with Crippen molar-refractivity contribution in [3.05, 3.63) is 75.1 Å². The average molecular weight is 1190 g/mol. The molecule has 0 aromatic heterocycles. The number of ketones is 1. The molecule has 7 fully saturated rings. The van der Waals surface area contributed by atoms with E-state index in [0.29, 0.717) is 48.1 Å². The predicted octanol–water partition coefficient (Wildman–Crippen LogP) is 7.33. The maximum absolute atomic E-state index is 11.5. The molecule has 6 heterocycles. The van der Waals surface area contributed by atoms with Crippen molar-refractivity contribution in [3.8, 4) is 0 Å². The first kappa shape index (κ1) is 86.4. The van der Waals surface area contributed by atoms with Crippen LogP contribution in [0.3, 0.4) is 0 Å². The van der Waals surface area contributed by atoms with Gasteiger partial charge in [-0.3, -0.25) is 4.79 Å². The Morgan fingerprint density at radius 1 is 0.732 bits per heavy atom. The second-order valence-electron chi connectivity index (χ2n) is 19.0. The van der Waals surface area contributed by atoms with Gasteiger partial charge >= 0.3 is 24.1 Å². The molecule has 7 aliphatic rings. The van der Waals surface area contributed by atoms with Crippen LogP contribution in [0.15, 0.2) is 75.1 Å². The van der Waals surface area contributed by atoms with Crippen molar-refractivity contribution in [2.75, 3.05) is 143 Å². The molecule has 21 nitrogen and oxygen atoms in total. The van der Waals surface area contributed by atoms with Gasteiger partial charge in [0, 0.05) is 59.2 Å². The molecule has 7 rings (SSSR count). The number of hydrogen-bond acceptors (Lipinski definition) is 21. The Bertz CT molecular complexity index is 1700. The summed E-state index contributed by atoms with van der Waals surface area (Å²) in [6.07, 6.45) is 8.34. The van der Waals surface area contributed by atoms with Crippen LogP contribution in [0, 0.1) is 11.3 Å². The topological polar surface area (TPSA) is 256 Å². The van der Waals surface area contributed by atoms with Gasteiger partial charge in [0.15, 0.2) is 5.78 Å². The van der Waals surface area contributed by atoms with Gasteiger partial charge in [-0.25, -0.2) is 14.4 Å². The fourth-order valence-electron chi connectivity index (χ4n) is 5.16. The Hall–Kier alpha value is -4.41. The molecule has 0 N–H and O–H groups in total. The lowest BCUT2D eigenvalue weighted by molar-refractivity contribution is -0.429. The van der Waals surface area contributed by atoms with E-state index >= 15 is 0 Å². The van der Waals surface area contributed by atoms with E-state index in [1.807, 2.05) is 6.92 Å². The van der Waals surface area contributed by atoms with Crippen LogP contribution in [-0.4, -0.2) is 215 Å². The molecule has 0 aromatic rings. The van der Waals surface area contributed by atoms with E-state index in [0.717, 1.165) is 84.6 Å². The van der Waals surface area contributed by atoms with Gasteiger partial charge in [-0.1, -0.05) is 45.9 Å². The van der Waals surface area contributed by atoms with Gasteiger partial charge < -0.3 is 80.9 Å². The highest BCUT2D eigenvalue weighted by Gasteiger charge is 2.44. The number of rotatable bonds is 19. The maximum atomic E-state index is 11.5. The molecule has 482 valence electrons. The van der Waals surface area contributed by atoms with Gasteiger partial charge in [-0.2, -0.15) is 13.2 Å². The Labute approximate surface area is 487 Å². The number of epoxide rings is 5. The monoisotopic (exact) mass is 1190 g/mol. The molecule has 1 saturated carbocycles. The van der Waals surface area contributed by atoms with Crippen molar-refractivity contribution in [2.45, 2.75) is 122 Å². The predicted molar refractivity (Wildman–Crippen MR) is 303 cm³/mol. The number of esters is 3. The summed E-state index contributed by atoms with van der Waals surface area (Å²) in [5.41, 5.74) is -0.402. The minimum Gasteiger partial charge on any atom is -0.834 e. The highest BCUT2D eigenvalue weighted by Crippen LogP contribution is 2.39. The first-order valence-electron chi connectivity index (χ1n) is 26.0. The third-order valence-corrected chi connectivity index (χ3v) is 11.0. The second kappa shape index (κ2) is 52.2. The largest absolute Gasteiger partial charge is 0.834 e. The lowest BCUT2D eigenvalue weighted by Gasteiger charge is -2.39. The number of methoxy groups -OCH3 is 9. The standard InChI is InChI=1S/C8H14O2.C7H14O2.C5H5F3O2.C5H7O3.C5H10O2.C5H8O2.C5H10O.C4H8O2.C4H6O2.C4H8O.2C3H6O/c1-9-5-6-2-3-7-8(4-6)10-7;1-3-7(4-8-2)5-9-6-7;1-3(4(9)10-2)5(6,7)8;1-2-5(7)3-8-4-6;1-5(3-6-2)4-7-5;1-4(2)5(6)7-3;1-4-5(2,3)6-4;1-5-2-4-3-6-4;1-3-4(5)6-2;1-3-4-5-2;1-3-2-4-3;1-3-4-2/h6-8H,2-5H2,1H3;3-6H2,1-2H3;1H2,2H3;2H,1,3-4H2;3-4H2,1-2H3;1H2,2-3H3;4H,1-3H3;4H,2-3H2,1H3;3H,1H2,2H3;3H,1,4H2,2H3;3H,2H2,1H3;3H,1H2,2H3/q;;;-1;;;;;;;;. The van der Waals surface area contributed by atoms with Crippen molar-refractivity contribution in [3.63, 3.8) is 0 Å². The molecule has 0 aromatic carbocycles. The van der Waals surface area contributed by atoms with E-state index in [4.69, 9.17) is 47.4 Å². The first-order valence-corrected chi connectivity index (χ1v) is 26.0. The molecular formula is C58H102F3O21-. The van der Waals surface area contributed by atoms with Crippen molar-refractivity contribution in [1.29, 1.82) is 0 Å². The Morgan fingerprint density at radius 3 is 1.40 bits per heavy atom. The second-order valence-corrected chi connectivity index (χ2v) is 19.0. The van der Waals surface area contributed by atoms with Crippen molar-refractivity contribution < 1.29 is 113 Å². The summed E-state index contributed by atoms with van der Waals surface area (Å²) >= 11 is 0. The summed E-state index contributed by atoms with van der Waals surface area (Å²) in [5.74, 6) is -1.68. The summed E-state index contributed by atoms with van der Waals surface area (Å²) in [6.45, 7) is 40.6. The van der Waals surface area contributed by atoms with Gasteiger partial charge in [-0.15, -0.1) is 6.58 Å². The molecule has 7 atom stereocenters. The minimum absolute atomic E-state index is 0.0781. The number of carbonyl (C=O) groups is 4. The number of hydrogen-bond donors (Lipinski definition) is 0. The van der Waals surface area contributed by atoms with Gasteiger partial charge in [-0.05, 0) is 86.0 Å². The van der Waals surface area contributed by atoms with Crippen LogP contribution in [0.2, 0.25) is 0 Å². The Balaban J connectivity index is -0.000000265. The average Bonchev–Trinajstić information content (AvgIpc) is 4.12. The van der Waals surface area contributed by atoms with Crippen LogP contribution in [0.4, 0.5) is 13.2 Å². The number of alkyl halides is 3. The Kier molecular flexibility index (Phi) is 55.0. The molecule has 1 aliphatic carbocycles. The van der Waals surface area contributed by atoms with E-state index < -0.39 is 30.5 Å². The summed E-state index contributed by atoms with van der Waals surface area (Å²) in [4.78, 5) is 40.3. The summed E-state index contributed by atoms with van der Waals surface area (Å²) in [6, 6.07) is 0. The Morgan fingerprint density at radius 2 is 1.23 bits per heavy atom. The lowest BCUT2D eigenvalue weighted by atomic mass is 9.84. The zero-order valence-electron chi connectivity index (χ0n) is 52.0. The molecule has 0 radical (unpaired) electrons. The van der Waals surface area contributed by atoms with Crippen LogP contribution in [0.25, 0.3) is 0 Å². The molecule has 6 saturated heterocycles. The molecule has 6 aliphatic heterocycles. The highest BCUT2D eigenvalue weighted by atomic mass is 19.4. The number of ether oxygens (including phenoxy) is 16. The zero-order valence-corrected chi connectivity index (χ0v) is 52.0. The lowest BCUT2D eigenvalue weighted by Crippen LogP contribution is -2.45. The molecule has 82 heavy (non-hydrogen) atoms. The van der Waals surface area contributed by atoms with E-state index in [1.54, 1.807) is 55.7 Å². The molecule has 0 amide bonds. The minimum atomic E-state index is -4.69. The summed E-state index contributed by atoms with van der Waals surface area (Å²) in [5, 5.41) is 9.54. The zero-order chi connectivity index (χ0) is 64.4. The summed E-state index contributed by atoms with van der Waals surface area (Å²) < 4.78 is 110. The van der Waals surface area contributed by atoms with Gasteiger partial charge in [0.1, 0.15) is 23.9 Å². The molecular weight excluding hydrogens is 1090 g/mol. The van der Waals surface area contributed by atoms with Crippen LogP contribution in [0.1, 0.15) is 74.1 Å². The van der Waals surface area contributed by atoms with Crippen molar-refractivity contribution >= 4 is 23.7 Å². The highest BCUT2D eigenvalue weighted by molar-refractivity contribution is 5.90. The van der Waals surface area contributed by atoms with E-state index in [1.165, 1.54) is 46.2 Å². The number of carbonyl (C=O) groups excluding carboxylic acids is 4. The number of halogens is 3. The van der Waals surface area contributed by atoms with E-state index in [9.17, 15) is 37.5 Å². The molecule has 24 heteroatoms. The van der Waals surface area contributed by atoms with Crippen molar-refractivity contribution in [1.82, 2.24) is 0 Å². The third-order valence-electron chi connectivity index (χ3n) is 11.0. The maximum Gasteiger partial charge on any atom is 0.422 e. The third kappa shape index (κ3) is 56.1. The number of fused-ring (bicyclic) bond motifs is 1. The molecule has 7 unspecified atom stereocenters. The van der Waals surface area contributed by atoms with Crippen LogP contribution >= 0.6 is 0 Å². The van der Waals surface area contributed by atoms with E-state index in [2.05, 4.69) is 103 Å². The molecule has 0 bridgehead atoms. The van der Waals surface area contributed by atoms with E-state index in [-0.39, 0.29) is 29.6 Å². The quantitative estimate of drug-likeness (QED) is 0.0233. The van der Waals surface area contributed by atoms with Gasteiger partial charge in [0.25, 0.3) is 0 Å². The SMILES string of the molecule is C=C(C(=O)OC)C(F)(F)F.C=C(C)C(=O)OC.C=CC(=O)COC[O-].C=CC(=O)OC.C=CCOC.C=COC.CC1CO1.CC1OC1(C)C.CCC1(COC)COC1.COCC1(C)CO1.COCC1CCC2OC2C1.COCC1CO1. The van der Waals surface area contributed by atoms with Crippen LogP contribution < -0.4 is 5.11 Å².